The van der Waals surface area contributed by atoms with Crippen LogP contribution in [0.2, 0.25) is 0 Å². The first-order chi connectivity index (χ1) is 17.9. The molecule has 4 rings (SSSR count). The Kier molecular flexibility index (Phi) is 7.89. The lowest BCUT2D eigenvalue weighted by molar-refractivity contribution is -0.141. The third-order valence-electron chi connectivity index (χ3n) is 6.59. The zero-order valence-corrected chi connectivity index (χ0v) is 20.4. The lowest BCUT2D eigenvalue weighted by Crippen LogP contribution is -2.28. The summed E-state index contributed by atoms with van der Waals surface area (Å²) in [5.41, 5.74) is -2.53. The maximum Gasteiger partial charge on any atom is 0.417 e. The summed E-state index contributed by atoms with van der Waals surface area (Å²) in [7, 11) is 0. The van der Waals surface area contributed by atoms with Crippen LogP contribution in [0.5, 0.6) is 0 Å². The molecule has 11 heteroatoms. The Morgan fingerprint density at radius 2 is 1.79 bits per heavy atom. The number of aliphatic hydroxyl groups is 1. The van der Waals surface area contributed by atoms with Crippen molar-refractivity contribution >= 4 is 5.91 Å². The highest BCUT2D eigenvalue weighted by Crippen LogP contribution is 2.42. The molecule has 2 atom stereocenters. The normalized spacial score (nSPS) is 17.0. The summed E-state index contributed by atoms with van der Waals surface area (Å²) >= 11 is 0. The summed E-state index contributed by atoms with van der Waals surface area (Å²) in [6, 6.07) is 11.0. The van der Waals surface area contributed by atoms with E-state index >= 15 is 0 Å². The highest BCUT2D eigenvalue weighted by atomic mass is 19.4. The van der Waals surface area contributed by atoms with Gasteiger partial charge >= 0.3 is 12.4 Å². The second kappa shape index (κ2) is 10.8. The number of amides is 1. The molecule has 5 nitrogen and oxygen atoms in total. The Balaban J connectivity index is 1.76. The van der Waals surface area contributed by atoms with Gasteiger partial charge in [0.15, 0.2) is 0 Å². The van der Waals surface area contributed by atoms with E-state index in [1.54, 1.807) is 30.3 Å². The maximum atomic E-state index is 13.9. The van der Waals surface area contributed by atoms with E-state index in [2.05, 4.69) is 5.32 Å². The average Bonchev–Trinajstić information content (AvgIpc) is 3.50. The van der Waals surface area contributed by atoms with Crippen LogP contribution in [0, 0.1) is 6.92 Å². The minimum Gasteiger partial charge on any atom is -0.387 e. The fourth-order valence-corrected chi connectivity index (χ4v) is 4.58. The van der Waals surface area contributed by atoms with Crippen molar-refractivity contribution in [2.24, 2.45) is 0 Å². The topological polar surface area (TPSA) is 63.5 Å². The summed E-state index contributed by atoms with van der Waals surface area (Å²) in [5.74, 6) is -0.676. The second-order valence-electron chi connectivity index (χ2n) is 9.17. The summed E-state index contributed by atoms with van der Waals surface area (Å²) < 4.78 is 89.2. The number of halogens is 6. The number of aliphatic hydroxyl groups excluding tert-OH is 1. The highest BCUT2D eigenvalue weighted by molar-refractivity contribution is 5.97. The molecular formula is C27H26F6N2O3. The molecule has 1 aliphatic heterocycles. The van der Waals surface area contributed by atoms with Crippen molar-refractivity contribution < 1.29 is 41.0 Å². The standard InChI is InChI=1S/C27H26F6N2O3/c1-16-20(25(37)34-14-24(36)17-6-3-2-4-7-17)13-23(35(16)15-19-8-5-11-38-19)21-12-18(26(28,29)30)9-10-22(21)27(31,32)33/h2-4,6-7,9-10,12-13,19,24,36H,5,8,11,14-15H2,1H3,(H,34,37)/t19-,24+/m1/s1. The van der Waals surface area contributed by atoms with Gasteiger partial charge < -0.3 is 19.7 Å². The van der Waals surface area contributed by atoms with Gasteiger partial charge in [-0.05, 0) is 49.6 Å². The highest BCUT2D eigenvalue weighted by Gasteiger charge is 2.38. The van der Waals surface area contributed by atoms with Gasteiger partial charge in [0.25, 0.3) is 5.91 Å². The van der Waals surface area contributed by atoms with Crippen molar-refractivity contribution in [2.45, 2.75) is 50.9 Å². The van der Waals surface area contributed by atoms with E-state index in [0.29, 0.717) is 36.8 Å². The minimum absolute atomic E-state index is 0.0104. The minimum atomic E-state index is -4.94. The van der Waals surface area contributed by atoms with Gasteiger partial charge in [-0.3, -0.25) is 4.79 Å². The number of nitrogens with zero attached hydrogens (tertiary/aromatic N) is 1. The van der Waals surface area contributed by atoms with Gasteiger partial charge in [0.2, 0.25) is 0 Å². The summed E-state index contributed by atoms with van der Waals surface area (Å²) in [4.78, 5) is 13.1. The summed E-state index contributed by atoms with van der Waals surface area (Å²) in [6.07, 6.45) is -9.84. The monoisotopic (exact) mass is 540 g/mol. The molecule has 1 aromatic heterocycles. The Morgan fingerprint density at radius 1 is 1.08 bits per heavy atom. The Bertz CT molecular complexity index is 1280. The van der Waals surface area contributed by atoms with Crippen LogP contribution in [0.4, 0.5) is 26.3 Å². The molecule has 38 heavy (non-hydrogen) atoms. The van der Waals surface area contributed by atoms with Crippen molar-refractivity contribution in [2.75, 3.05) is 13.2 Å². The van der Waals surface area contributed by atoms with E-state index in [9.17, 15) is 36.2 Å². The number of benzene rings is 2. The molecule has 0 aliphatic carbocycles. The molecule has 1 fully saturated rings. The third kappa shape index (κ3) is 6.05. The first kappa shape index (κ1) is 27.7. The number of rotatable bonds is 7. The van der Waals surface area contributed by atoms with Crippen molar-refractivity contribution in [3.63, 3.8) is 0 Å². The van der Waals surface area contributed by atoms with Gasteiger partial charge in [-0.2, -0.15) is 26.3 Å². The first-order valence-corrected chi connectivity index (χ1v) is 12.0. The van der Waals surface area contributed by atoms with Crippen molar-refractivity contribution in [1.29, 1.82) is 0 Å². The predicted octanol–water partition coefficient (Wildman–Crippen LogP) is 6.14. The quantitative estimate of drug-likeness (QED) is 0.354. The molecule has 0 bridgehead atoms. The molecule has 1 amide bonds. The number of carbonyl (C=O) groups excluding carboxylic acids is 1. The van der Waals surface area contributed by atoms with Gasteiger partial charge in [-0.15, -0.1) is 0 Å². The Morgan fingerprint density at radius 3 is 2.39 bits per heavy atom. The van der Waals surface area contributed by atoms with E-state index < -0.39 is 41.1 Å². The molecule has 2 aromatic carbocycles. The zero-order valence-electron chi connectivity index (χ0n) is 20.4. The van der Waals surface area contributed by atoms with Crippen LogP contribution in [0.3, 0.4) is 0 Å². The third-order valence-corrected chi connectivity index (χ3v) is 6.59. The molecule has 0 unspecified atom stereocenters. The summed E-state index contributed by atoms with van der Waals surface area (Å²) in [5, 5.41) is 12.9. The fraction of sp³-hybridized carbons (Fsp3) is 0.370. The number of nitrogens with one attached hydrogen (secondary N) is 1. The average molecular weight is 541 g/mol. The molecule has 0 saturated carbocycles. The van der Waals surface area contributed by atoms with Gasteiger partial charge in [-0.25, -0.2) is 0 Å². The summed E-state index contributed by atoms with van der Waals surface area (Å²) in [6.45, 7) is 1.87. The number of ether oxygens (including phenoxy) is 1. The zero-order chi connectivity index (χ0) is 27.7. The number of alkyl halides is 6. The van der Waals surface area contributed by atoms with Gasteiger partial charge in [0, 0.05) is 36.6 Å². The van der Waals surface area contributed by atoms with E-state index in [0.717, 1.165) is 6.42 Å². The number of aromatic nitrogens is 1. The molecule has 3 aromatic rings. The maximum absolute atomic E-state index is 13.9. The molecule has 0 spiro atoms. The van der Waals surface area contributed by atoms with Crippen molar-refractivity contribution in [3.8, 4) is 11.3 Å². The van der Waals surface area contributed by atoms with Gasteiger partial charge in [0.1, 0.15) is 0 Å². The van der Waals surface area contributed by atoms with Crippen LogP contribution in [0.25, 0.3) is 11.3 Å². The van der Waals surface area contributed by atoms with Crippen LogP contribution < -0.4 is 5.32 Å². The van der Waals surface area contributed by atoms with Gasteiger partial charge in [-0.1, -0.05) is 30.3 Å². The molecule has 1 aliphatic rings. The lowest BCUT2D eigenvalue weighted by Gasteiger charge is -2.20. The molecule has 204 valence electrons. The van der Waals surface area contributed by atoms with Crippen LogP contribution in [0.15, 0.2) is 54.6 Å². The van der Waals surface area contributed by atoms with Gasteiger partial charge in [0.05, 0.1) is 28.9 Å². The lowest BCUT2D eigenvalue weighted by atomic mass is 9.99. The Hall–Kier alpha value is -3.31. The molecule has 0 radical (unpaired) electrons. The second-order valence-corrected chi connectivity index (χ2v) is 9.17. The first-order valence-electron chi connectivity index (χ1n) is 12.0. The van der Waals surface area contributed by atoms with Crippen LogP contribution in [-0.4, -0.2) is 34.8 Å². The van der Waals surface area contributed by atoms with E-state index in [4.69, 9.17) is 4.74 Å². The largest absolute Gasteiger partial charge is 0.417 e. The molecular weight excluding hydrogens is 514 g/mol. The fourth-order valence-electron chi connectivity index (χ4n) is 4.58. The molecule has 2 heterocycles. The molecule has 1 saturated heterocycles. The Labute approximate surface area is 215 Å². The number of carbonyl (C=O) groups is 1. The van der Waals surface area contributed by atoms with Crippen LogP contribution in [-0.2, 0) is 23.6 Å². The van der Waals surface area contributed by atoms with E-state index in [1.807, 2.05) is 0 Å². The van der Waals surface area contributed by atoms with Crippen LogP contribution in [0.1, 0.15) is 51.7 Å². The van der Waals surface area contributed by atoms with E-state index in [1.165, 1.54) is 17.6 Å². The van der Waals surface area contributed by atoms with Crippen molar-refractivity contribution in [3.05, 3.63) is 82.5 Å². The SMILES string of the molecule is Cc1c(C(=O)NC[C@H](O)c2ccccc2)cc(-c2cc(C(F)(F)F)ccc2C(F)(F)F)n1C[C@H]1CCCO1. The molecule has 2 N–H and O–H groups in total. The predicted molar refractivity (Wildman–Crippen MR) is 127 cm³/mol. The van der Waals surface area contributed by atoms with Crippen LogP contribution >= 0.6 is 0 Å². The van der Waals surface area contributed by atoms with Crippen molar-refractivity contribution in [1.82, 2.24) is 9.88 Å². The van der Waals surface area contributed by atoms with E-state index in [-0.39, 0.29) is 36.1 Å². The number of hydrogen-bond donors (Lipinski definition) is 2. The number of hydrogen-bond acceptors (Lipinski definition) is 3. The smallest absolute Gasteiger partial charge is 0.387 e.